The van der Waals surface area contributed by atoms with E-state index in [1.54, 1.807) is 12.1 Å². The number of carbonyl (C=O) groups is 2. The van der Waals surface area contributed by atoms with Gasteiger partial charge in [-0.05, 0) is 30.5 Å². The molecular weight excluding hydrogens is 295 g/mol. The Morgan fingerprint density at radius 2 is 1.90 bits per heavy atom. The third kappa shape index (κ3) is 11.3. The van der Waals surface area contributed by atoms with Gasteiger partial charge in [0, 0.05) is 6.42 Å². The molecule has 0 aromatic heterocycles. The maximum absolute atomic E-state index is 11.1. The van der Waals surface area contributed by atoms with Crippen molar-refractivity contribution in [3.05, 3.63) is 35.4 Å². The Morgan fingerprint density at radius 3 is 2.30 bits per heavy atom. The second-order valence-corrected chi connectivity index (χ2v) is 3.90. The Labute approximate surface area is 142 Å². The molecule has 0 heterocycles. The van der Waals surface area contributed by atoms with Crippen molar-refractivity contribution in [2.24, 2.45) is 0 Å². The van der Waals surface area contributed by atoms with Crippen molar-refractivity contribution in [2.45, 2.75) is 19.3 Å². The molecule has 0 saturated heterocycles. The summed E-state index contributed by atoms with van der Waals surface area (Å²) in [6.07, 6.45) is 3.21. The summed E-state index contributed by atoms with van der Waals surface area (Å²) in [5.74, 6) is -0.325. The van der Waals surface area contributed by atoms with Crippen LogP contribution in [0.3, 0.4) is 0 Å². The molecule has 0 bridgehead atoms. The molecule has 1 unspecified atom stereocenters. The Bertz CT molecular complexity index is 416. The van der Waals surface area contributed by atoms with Crippen LogP contribution in [0.4, 0.5) is 0 Å². The number of hydrogen-bond acceptors (Lipinski definition) is 5. The monoisotopic (exact) mass is 310 g/mol. The van der Waals surface area contributed by atoms with E-state index in [1.807, 2.05) is 12.1 Å². The van der Waals surface area contributed by atoms with Crippen molar-refractivity contribution in [2.75, 3.05) is 7.11 Å². The molecule has 0 amide bonds. The summed E-state index contributed by atoms with van der Waals surface area (Å²) in [6, 6.07) is 7.25. The topological polar surface area (TPSA) is 104 Å². The molecule has 106 valence electrons. The van der Waals surface area contributed by atoms with Crippen molar-refractivity contribution in [3.63, 3.8) is 0 Å². The number of esters is 1. The molecule has 0 spiro atoms. The van der Waals surface area contributed by atoms with E-state index in [2.05, 4.69) is 4.74 Å². The molecule has 1 rings (SSSR count). The maximum atomic E-state index is 11.1. The number of unbranched alkanes of at least 4 members (excludes halogenated alkanes) is 1. The minimum atomic E-state index is -2.86. The predicted molar refractivity (Wildman–Crippen MR) is 68.3 cm³/mol. The van der Waals surface area contributed by atoms with Crippen molar-refractivity contribution in [3.8, 4) is 0 Å². The van der Waals surface area contributed by atoms with Crippen LogP contribution in [0.25, 0.3) is 0 Å². The summed E-state index contributed by atoms with van der Waals surface area (Å²) in [5.41, 5.74) is 1.68. The van der Waals surface area contributed by atoms with Crippen molar-refractivity contribution in [1.29, 1.82) is 0 Å². The molecule has 0 saturated carbocycles. The largest absolute Gasteiger partial charge is 1.00 e. The van der Waals surface area contributed by atoms with Crippen LogP contribution in [0.5, 0.6) is 0 Å². The summed E-state index contributed by atoms with van der Waals surface area (Å²) >= 11 is -2.86. The van der Waals surface area contributed by atoms with Gasteiger partial charge >= 0.3 is 35.5 Å². The van der Waals surface area contributed by atoms with E-state index in [9.17, 15) is 9.59 Å². The van der Waals surface area contributed by atoms with Gasteiger partial charge < -0.3 is 18.6 Å². The first-order chi connectivity index (χ1) is 9.01. The Morgan fingerprint density at radius 1 is 1.40 bits per heavy atom. The number of hydrogen-bond donors (Lipinski definition) is 1. The minimum absolute atomic E-state index is 0. The number of ether oxygens (including phenoxy) is 1. The fourth-order valence-corrected chi connectivity index (χ4v) is 1.31. The normalized spacial score (nSPS) is 10.3. The molecule has 6 nitrogen and oxygen atoms in total. The summed E-state index contributed by atoms with van der Waals surface area (Å²) < 4.78 is 28.7. The van der Waals surface area contributed by atoms with E-state index < -0.39 is 11.4 Å². The van der Waals surface area contributed by atoms with Gasteiger partial charge in [-0.15, -0.1) is 0 Å². The first-order valence-corrected chi connectivity index (χ1v) is 6.43. The second-order valence-electron chi connectivity index (χ2n) is 3.46. The molecule has 0 aliphatic rings. The third-order valence-electron chi connectivity index (χ3n) is 2.16. The van der Waals surface area contributed by atoms with Crippen LogP contribution in [0.2, 0.25) is 0 Å². The van der Waals surface area contributed by atoms with Gasteiger partial charge in [-0.2, -0.15) is 0 Å². The number of carbonyl (C=O) groups excluding carboxylic acids is 2. The first kappa shape index (κ1) is 21.7. The van der Waals surface area contributed by atoms with Crippen LogP contribution >= 0.6 is 0 Å². The van der Waals surface area contributed by atoms with Gasteiger partial charge in [0.1, 0.15) is 6.29 Å². The number of aldehydes is 1. The van der Waals surface area contributed by atoms with Crippen LogP contribution in [0.15, 0.2) is 24.3 Å². The van der Waals surface area contributed by atoms with Crippen LogP contribution in [-0.4, -0.2) is 32.7 Å². The SMILES string of the molecule is COC(=O)c1ccc(CCCC=O)cc1.O=S([O-])O.[Na+]. The molecule has 0 fully saturated rings. The van der Waals surface area contributed by atoms with E-state index in [1.165, 1.54) is 7.11 Å². The van der Waals surface area contributed by atoms with E-state index in [4.69, 9.17) is 13.3 Å². The van der Waals surface area contributed by atoms with Gasteiger partial charge in [-0.3, -0.25) is 0 Å². The molecule has 1 N–H and O–H groups in total. The number of aryl methyl sites for hydroxylation is 1. The fraction of sp³-hybridized carbons (Fsp3) is 0.333. The molecule has 0 radical (unpaired) electrons. The third-order valence-corrected chi connectivity index (χ3v) is 2.16. The Balaban J connectivity index is 0. The Kier molecular flexibility index (Phi) is 14.6. The molecule has 20 heavy (non-hydrogen) atoms. The van der Waals surface area contributed by atoms with Gasteiger partial charge in [-0.25, -0.2) is 9.00 Å². The maximum Gasteiger partial charge on any atom is 1.00 e. The summed E-state index contributed by atoms with van der Waals surface area (Å²) in [6.45, 7) is 0. The summed E-state index contributed by atoms with van der Waals surface area (Å²) in [5, 5.41) is 0. The van der Waals surface area contributed by atoms with Crippen LogP contribution in [0.1, 0.15) is 28.8 Å². The van der Waals surface area contributed by atoms with E-state index in [0.717, 1.165) is 24.7 Å². The van der Waals surface area contributed by atoms with E-state index in [0.29, 0.717) is 12.0 Å². The Hall–Kier alpha value is -0.570. The molecule has 8 heteroatoms. The average Bonchev–Trinajstić information content (AvgIpc) is 2.38. The zero-order valence-corrected chi connectivity index (χ0v) is 14.2. The number of methoxy groups -OCH3 is 1. The molecule has 1 atom stereocenters. The summed E-state index contributed by atoms with van der Waals surface area (Å²) in [7, 11) is 1.36. The van der Waals surface area contributed by atoms with Crippen molar-refractivity contribution < 1.29 is 57.2 Å². The van der Waals surface area contributed by atoms with Crippen molar-refractivity contribution in [1.82, 2.24) is 0 Å². The first-order valence-electron chi connectivity index (χ1n) is 5.40. The molecule has 1 aromatic rings. The fourth-order valence-electron chi connectivity index (χ4n) is 1.31. The molecule has 0 aliphatic carbocycles. The standard InChI is InChI=1S/C12H14O3.Na.H2O3S/c1-15-12(14)11-7-5-10(6-8-11)4-2-3-9-13;;1-4(2)3/h5-9H,2-4H2,1H3;;(H2,1,2,3)/q;+1;/p-1. The molecule has 0 aliphatic heterocycles. The average molecular weight is 310 g/mol. The second kappa shape index (κ2) is 13.4. The van der Waals surface area contributed by atoms with Crippen LogP contribution < -0.4 is 29.6 Å². The van der Waals surface area contributed by atoms with Crippen LogP contribution in [-0.2, 0) is 27.3 Å². The van der Waals surface area contributed by atoms with Gasteiger partial charge in [0.25, 0.3) is 0 Å². The van der Waals surface area contributed by atoms with E-state index >= 15 is 0 Å². The number of rotatable bonds is 5. The summed E-state index contributed by atoms with van der Waals surface area (Å²) in [4.78, 5) is 21.2. The van der Waals surface area contributed by atoms with Crippen LogP contribution in [0, 0.1) is 0 Å². The van der Waals surface area contributed by atoms with Gasteiger partial charge in [0.15, 0.2) is 0 Å². The quantitative estimate of drug-likeness (QED) is 0.229. The van der Waals surface area contributed by atoms with Gasteiger partial charge in [-0.1, -0.05) is 12.1 Å². The van der Waals surface area contributed by atoms with E-state index in [-0.39, 0.29) is 35.5 Å². The number of benzene rings is 1. The minimum Gasteiger partial charge on any atom is -0.750 e. The van der Waals surface area contributed by atoms with Gasteiger partial charge in [0.05, 0.1) is 24.0 Å². The zero-order chi connectivity index (χ0) is 14.7. The smallest absolute Gasteiger partial charge is 0.750 e. The zero-order valence-electron chi connectivity index (χ0n) is 11.4. The predicted octanol–water partition coefficient (Wildman–Crippen LogP) is -1.66. The molecule has 1 aromatic carbocycles. The molecular formula is C12H15NaO6S. The van der Waals surface area contributed by atoms with Gasteiger partial charge in [0.2, 0.25) is 0 Å². The van der Waals surface area contributed by atoms with Crippen molar-refractivity contribution >= 4 is 23.6 Å².